The molecule has 7 nitrogen and oxygen atoms in total. The zero-order valence-corrected chi connectivity index (χ0v) is 13.6. The summed E-state index contributed by atoms with van der Waals surface area (Å²) in [7, 11) is 1.72. The number of para-hydroxylation sites is 2. The van der Waals surface area contributed by atoms with Crippen molar-refractivity contribution >= 4 is 11.5 Å². The number of ether oxygens (including phenoxy) is 2. The van der Waals surface area contributed by atoms with Crippen molar-refractivity contribution in [3.63, 3.8) is 0 Å². The van der Waals surface area contributed by atoms with Crippen LogP contribution < -0.4 is 14.4 Å². The van der Waals surface area contributed by atoms with E-state index in [2.05, 4.69) is 15.3 Å². The number of halogens is 3. The summed E-state index contributed by atoms with van der Waals surface area (Å²) in [5.41, 5.74) is 0.0284. The first-order chi connectivity index (χ1) is 12.4. The van der Waals surface area contributed by atoms with E-state index in [1.54, 1.807) is 24.1 Å². The van der Waals surface area contributed by atoms with Gasteiger partial charge in [0.15, 0.2) is 23.3 Å². The van der Waals surface area contributed by atoms with Crippen LogP contribution in [0.2, 0.25) is 0 Å². The average Bonchev–Trinajstić information content (AvgIpc) is 3.05. The molecule has 0 unspecified atom stereocenters. The van der Waals surface area contributed by atoms with Crippen molar-refractivity contribution in [2.75, 3.05) is 25.1 Å². The molecule has 0 fully saturated rings. The highest BCUT2D eigenvalue weighted by Crippen LogP contribution is 2.31. The van der Waals surface area contributed by atoms with Gasteiger partial charge in [0.25, 0.3) is 5.82 Å². The average molecular weight is 365 g/mol. The van der Waals surface area contributed by atoms with Crippen molar-refractivity contribution in [1.29, 1.82) is 0 Å². The van der Waals surface area contributed by atoms with Crippen LogP contribution in [0.15, 0.2) is 36.4 Å². The van der Waals surface area contributed by atoms with Gasteiger partial charge in [0.2, 0.25) is 0 Å². The van der Waals surface area contributed by atoms with Gasteiger partial charge < -0.3 is 14.4 Å². The van der Waals surface area contributed by atoms with Crippen molar-refractivity contribution in [2.24, 2.45) is 0 Å². The zero-order valence-electron chi connectivity index (χ0n) is 13.6. The third-order valence-electron chi connectivity index (χ3n) is 3.94. The van der Waals surface area contributed by atoms with E-state index in [-0.39, 0.29) is 11.8 Å². The van der Waals surface area contributed by atoms with Crippen LogP contribution >= 0.6 is 0 Å². The number of hydrogen-bond donors (Lipinski definition) is 0. The molecule has 10 heteroatoms. The highest BCUT2D eigenvalue weighted by molar-refractivity contribution is 5.46. The SMILES string of the molecule is CN(C[C@@H]1COc2ccccc2O1)c1ccc2nnc(C(F)(F)F)n2n1. The van der Waals surface area contributed by atoms with Gasteiger partial charge in [0.05, 0.1) is 6.54 Å². The van der Waals surface area contributed by atoms with Crippen molar-refractivity contribution in [3.05, 3.63) is 42.2 Å². The molecule has 0 saturated carbocycles. The monoisotopic (exact) mass is 365 g/mol. The van der Waals surface area contributed by atoms with E-state index in [1.165, 1.54) is 6.07 Å². The molecule has 0 N–H and O–H groups in total. The molecule has 1 aliphatic heterocycles. The van der Waals surface area contributed by atoms with Gasteiger partial charge >= 0.3 is 6.18 Å². The molecule has 1 atom stereocenters. The van der Waals surface area contributed by atoms with E-state index in [4.69, 9.17) is 9.47 Å². The molecule has 0 spiro atoms. The Labute approximate surface area is 146 Å². The molecule has 0 radical (unpaired) electrons. The summed E-state index contributed by atoms with van der Waals surface area (Å²) >= 11 is 0. The minimum atomic E-state index is -4.63. The smallest absolute Gasteiger partial charge is 0.453 e. The maximum atomic E-state index is 13.0. The van der Waals surface area contributed by atoms with Crippen LogP contribution in [-0.4, -0.2) is 46.1 Å². The minimum absolute atomic E-state index is 0.0284. The number of hydrogen-bond acceptors (Lipinski definition) is 6. The summed E-state index contributed by atoms with van der Waals surface area (Å²) in [6.07, 6.45) is -4.91. The maximum Gasteiger partial charge on any atom is 0.453 e. The lowest BCUT2D eigenvalue weighted by Gasteiger charge is -2.30. The number of likely N-dealkylation sites (N-methyl/N-ethyl adjacent to an activating group) is 1. The Morgan fingerprint density at radius 3 is 2.69 bits per heavy atom. The van der Waals surface area contributed by atoms with Crippen molar-refractivity contribution in [2.45, 2.75) is 12.3 Å². The summed E-state index contributed by atoms with van der Waals surface area (Å²) in [6.45, 7) is 0.723. The number of fused-ring (bicyclic) bond motifs is 2. The van der Waals surface area contributed by atoms with Gasteiger partial charge in [0, 0.05) is 7.05 Å². The van der Waals surface area contributed by atoms with Crippen LogP contribution in [0.4, 0.5) is 19.0 Å². The Kier molecular flexibility index (Phi) is 3.82. The Morgan fingerprint density at radius 1 is 1.15 bits per heavy atom. The first-order valence-corrected chi connectivity index (χ1v) is 7.81. The predicted octanol–water partition coefficient (Wildman–Crippen LogP) is 2.42. The first kappa shape index (κ1) is 16.4. The Hall–Kier alpha value is -3.04. The fourth-order valence-corrected chi connectivity index (χ4v) is 2.71. The quantitative estimate of drug-likeness (QED) is 0.710. The van der Waals surface area contributed by atoms with Crippen molar-refractivity contribution < 1.29 is 22.6 Å². The number of alkyl halides is 3. The lowest BCUT2D eigenvalue weighted by atomic mass is 10.2. The molecular formula is C16H14F3N5O2. The molecule has 3 heterocycles. The van der Waals surface area contributed by atoms with Gasteiger partial charge in [-0.05, 0) is 24.3 Å². The molecule has 136 valence electrons. The van der Waals surface area contributed by atoms with Crippen LogP contribution in [0.5, 0.6) is 11.5 Å². The lowest BCUT2D eigenvalue weighted by molar-refractivity contribution is -0.146. The predicted molar refractivity (Wildman–Crippen MR) is 85.4 cm³/mol. The fourth-order valence-electron chi connectivity index (χ4n) is 2.71. The highest BCUT2D eigenvalue weighted by Gasteiger charge is 2.37. The topological polar surface area (TPSA) is 64.8 Å². The van der Waals surface area contributed by atoms with Crippen LogP contribution in [-0.2, 0) is 6.18 Å². The number of nitrogens with zero attached hydrogens (tertiary/aromatic N) is 5. The Morgan fingerprint density at radius 2 is 1.92 bits per heavy atom. The van der Waals surface area contributed by atoms with E-state index in [0.29, 0.717) is 35.0 Å². The third kappa shape index (κ3) is 2.98. The summed E-state index contributed by atoms with van der Waals surface area (Å²) in [6, 6.07) is 10.3. The summed E-state index contributed by atoms with van der Waals surface area (Å²) in [4.78, 5) is 1.70. The van der Waals surface area contributed by atoms with Gasteiger partial charge in [-0.25, -0.2) is 0 Å². The second-order valence-corrected chi connectivity index (χ2v) is 5.86. The van der Waals surface area contributed by atoms with Gasteiger partial charge in [0.1, 0.15) is 12.4 Å². The van der Waals surface area contributed by atoms with Crippen molar-refractivity contribution in [3.8, 4) is 11.5 Å². The number of benzene rings is 1. The minimum Gasteiger partial charge on any atom is -0.486 e. The number of anilines is 1. The van der Waals surface area contributed by atoms with E-state index in [9.17, 15) is 13.2 Å². The molecule has 4 rings (SSSR count). The zero-order chi connectivity index (χ0) is 18.3. The molecule has 0 amide bonds. The van der Waals surface area contributed by atoms with Gasteiger partial charge in [-0.1, -0.05) is 12.1 Å². The Bertz CT molecular complexity index is 943. The van der Waals surface area contributed by atoms with E-state index < -0.39 is 12.0 Å². The lowest BCUT2D eigenvalue weighted by Crippen LogP contribution is -2.39. The number of rotatable bonds is 3. The highest BCUT2D eigenvalue weighted by atomic mass is 19.4. The van der Waals surface area contributed by atoms with Gasteiger partial charge in [-0.3, -0.25) is 0 Å². The van der Waals surface area contributed by atoms with E-state index in [0.717, 1.165) is 0 Å². The first-order valence-electron chi connectivity index (χ1n) is 7.81. The number of aromatic nitrogens is 4. The summed E-state index contributed by atoms with van der Waals surface area (Å²) in [5, 5.41) is 10.7. The van der Waals surface area contributed by atoms with E-state index in [1.807, 2.05) is 18.2 Å². The molecule has 0 bridgehead atoms. The summed E-state index contributed by atoms with van der Waals surface area (Å²) in [5.74, 6) is 0.489. The third-order valence-corrected chi connectivity index (χ3v) is 3.94. The Balaban J connectivity index is 1.54. The van der Waals surface area contributed by atoms with Crippen LogP contribution in [0.25, 0.3) is 5.65 Å². The molecule has 2 aromatic heterocycles. The molecule has 0 saturated heterocycles. The fraction of sp³-hybridized carbons (Fsp3) is 0.312. The van der Waals surface area contributed by atoms with E-state index >= 15 is 0 Å². The summed E-state index contributed by atoms with van der Waals surface area (Å²) < 4.78 is 51.2. The molecule has 1 aromatic carbocycles. The second kappa shape index (κ2) is 6.04. The maximum absolute atomic E-state index is 13.0. The van der Waals surface area contributed by atoms with Gasteiger partial charge in [-0.15, -0.1) is 15.3 Å². The standard InChI is InChI=1S/C16H14F3N5O2/c1-23(8-10-9-25-11-4-2-3-5-12(11)26-10)14-7-6-13-20-21-15(16(17,18)19)24(13)22-14/h2-7,10H,8-9H2,1H3/t10-/m1/s1. The largest absolute Gasteiger partial charge is 0.486 e. The molecular weight excluding hydrogens is 351 g/mol. The van der Waals surface area contributed by atoms with Crippen LogP contribution in [0, 0.1) is 0 Å². The van der Waals surface area contributed by atoms with Crippen LogP contribution in [0.1, 0.15) is 5.82 Å². The van der Waals surface area contributed by atoms with Crippen molar-refractivity contribution in [1.82, 2.24) is 19.8 Å². The molecule has 3 aromatic rings. The molecule has 0 aliphatic carbocycles. The second-order valence-electron chi connectivity index (χ2n) is 5.86. The van der Waals surface area contributed by atoms with Crippen LogP contribution in [0.3, 0.4) is 0 Å². The molecule has 1 aliphatic rings. The molecule has 26 heavy (non-hydrogen) atoms. The normalized spacial score (nSPS) is 16.7. The van der Waals surface area contributed by atoms with Gasteiger partial charge in [-0.2, -0.15) is 17.7 Å².